The molecule has 28 heteroatoms. The van der Waals surface area contributed by atoms with Gasteiger partial charge in [0.15, 0.2) is 0 Å². The van der Waals surface area contributed by atoms with E-state index in [0.29, 0.717) is 26.4 Å². The first-order valence-electron chi connectivity index (χ1n) is 21.8. The average Bonchev–Trinajstić information content (AvgIpc) is 3.30. The van der Waals surface area contributed by atoms with Crippen molar-refractivity contribution in [3.05, 3.63) is 0 Å². The number of methoxy groups -OCH3 is 4. The summed E-state index contributed by atoms with van der Waals surface area (Å²) in [7, 11) is 6.69. The van der Waals surface area contributed by atoms with Crippen molar-refractivity contribution in [2.45, 2.75) is 89.9 Å². The molecule has 408 valence electrons. The molecule has 28 nitrogen and oxygen atoms in total. The highest BCUT2D eigenvalue weighted by molar-refractivity contribution is 5.67. The number of rotatable bonds is 30. The summed E-state index contributed by atoms with van der Waals surface area (Å²) in [5, 5.41) is 30.3. The van der Waals surface area contributed by atoms with E-state index in [2.05, 4.69) is 40.2 Å². The first kappa shape index (κ1) is 67.0. The van der Waals surface area contributed by atoms with Crippen molar-refractivity contribution in [3.63, 3.8) is 0 Å². The van der Waals surface area contributed by atoms with E-state index in [1.807, 2.05) is 0 Å². The van der Waals surface area contributed by atoms with Crippen LogP contribution in [-0.2, 0) is 95.1 Å². The van der Waals surface area contributed by atoms with Gasteiger partial charge in [0.1, 0.15) is 66.1 Å². The van der Waals surface area contributed by atoms with Crippen molar-refractivity contribution >= 4 is 48.1 Å². The van der Waals surface area contributed by atoms with Crippen LogP contribution in [0.15, 0.2) is 0 Å². The zero-order chi connectivity index (χ0) is 53.3. The highest BCUT2D eigenvalue weighted by Crippen LogP contribution is 2.05. The Hall–Kier alpha value is -5.04. The number of hydrogen-bond donors (Lipinski definition) is 6. The Kier molecular flexibility index (Phi) is 41.0. The molecule has 2 rings (SSSR count). The van der Waals surface area contributed by atoms with Gasteiger partial charge in [0.25, 0.3) is 0 Å². The predicted octanol–water partition coefficient (Wildman–Crippen LogP) is -2.46. The molecule has 0 aliphatic carbocycles. The molecule has 0 aromatic rings. The molecule has 0 aromatic heterocycles. The Morgan fingerprint density at radius 2 is 0.614 bits per heavy atom. The normalized spacial score (nSPS) is 14.3. The number of carbonyl (C=O) groups is 8. The molecule has 2 fully saturated rings. The first-order valence-corrected chi connectivity index (χ1v) is 21.8. The first-order chi connectivity index (χ1) is 33.2. The number of cyclic esters (lactones) is 4. The predicted molar refractivity (Wildman–Crippen MR) is 239 cm³/mol. The summed E-state index contributed by atoms with van der Waals surface area (Å²) >= 11 is 0. The highest BCUT2D eigenvalue weighted by atomic mass is 16.7. The number of ether oxygens (including phenoxy) is 14. The fourth-order valence-corrected chi connectivity index (χ4v) is 5.38. The van der Waals surface area contributed by atoms with E-state index in [1.54, 1.807) is 28.4 Å². The standard InChI is InChI=1S/C14H23NO8.C10H19NO6.C10H23NO4.C8H11NO6/c1-9(16)20-5-13(6-21-10(2)17)15-14(7-22-11(3)18)8-23-12(4)19;1-7(14)16-5-9(3-12)11-10(4-13)6-17-8(2)15;1-12-5-9(6-13-2)11-10(7-14-3)8-15-4;10-7-12-1-5(2-13-7)9-6-3-14-8(11)15-4-6/h13-15H,5-8H2,1-4H3;9-13H,3-6H2,1-2H3;9-11H,5-8H2,1-4H3;5-6,9H,1-4H2. The van der Waals surface area contributed by atoms with Crippen molar-refractivity contribution in [1.82, 2.24) is 21.3 Å². The minimum absolute atomic E-state index is 0.0115. The van der Waals surface area contributed by atoms with E-state index in [-0.39, 0.29) is 103 Å². The number of aliphatic hydroxyl groups excluding tert-OH is 2. The van der Waals surface area contributed by atoms with Gasteiger partial charge in [0.05, 0.1) is 88.0 Å². The Morgan fingerprint density at radius 3 is 0.814 bits per heavy atom. The molecule has 2 heterocycles. The maximum absolute atomic E-state index is 10.9. The maximum atomic E-state index is 10.9. The van der Waals surface area contributed by atoms with Gasteiger partial charge in [0.2, 0.25) is 0 Å². The SMILES string of the molecule is CC(=O)OCC(CO)NC(CO)COC(C)=O.CC(=O)OCC(COC(C)=O)NC(COC(C)=O)COC(C)=O.COCC(COC)NC(COC)COC.O=C1OCC(NC2COC(=O)OC2)CO1. The monoisotopic (exact) mass is 1020 g/mol. The molecule has 0 aromatic carbocycles. The molecule has 6 N–H and O–H groups in total. The lowest BCUT2D eigenvalue weighted by Crippen LogP contribution is -2.52. The van der Waals surface area contributed by atoms with Gasteiger partial charge in [-0.2, -0.15) is 0 Å². The van der Waals surface area contributed by atoms with Crippen molar-refractivity contribution in [3.8, 4) is 0 Å². The molecule has 70 heavy (non-hydrogen) atoms. The Balaban J connectivity index is 0. The van der Waals surface area contributed by atoms with E-state index in [0.717, 1.165) is 0 Å². The Bertz CT molecular complexity index is 1310. The summed E-state index contributed by atoms with van der Waals surface area (Å²) in [4.78, 5) is 85.9. The molecule has 2 unspecified atom stereocenters. The zero-order valence-electron chi connectivity index (χ0n) is 41.8. The maximum Gasteiger partial charge on any atom is 0.508 e. The summed E-state index contributed by atoms with van der Waals surface area (Å²) in [5.41, 5.74) is 0. The molecule has 0 spiro atoms. The third-order valence-corrected chi connectivity index (χ3v) is 8.33. The second-order valence-corrected chi connectivity index (χ2v) is 15.0. The van der Waals surface area contributed by atoms with Crippen molar-refractivity contribution in [2.24, 2.45) is 0 Å². The lowest BCUT2D eigenvalue weighted by molar-refractivity contribution is -0.147. The van der Waals surface area contributed by atoms with Gasteiger partial charge in [-0.15, -0.1) is 0 Å². The molecule has 2 atom stereocenters. The van der Waals surface area contributed by atoms with Crippen LogP contribution >= 0.6 is 0 Å². The van der Waals surface area contributed by atoms with Gasteiger partial charge in [-0.3, -0.25) is 39.4 Å². The zero-order valence-corrected chi connectivity index (χ0v) is 41.8. The highest BCUT2D eigenvalue weighted by Gasteiger charge is 2.28. The second kappa shape index (κ2) is 42.8. The number of esters is 6. The smallest absolute Gasteiger partial charge is 0.464 e. The molecular weight excluding hydrogens is 944 g/mol. The van der Waals surface area contributed by atoms with Gasteiger partial charge >= 0.3 is 48.1 Å². The Labute approximate surface area is 407 Å². The molecule has 2 aliphatic heterocycles. The molecule has 0 radical (unpaired) electrons. The fraction of sp³-hybridized carbons (Fsp3) is 0.810. The van der Waals surface area contributed by atoms with Crippen LogP contribution in [0.4, 0.5) is 9.59 Å². The van der Waals surface area contributed by atoms with Crippen LogP contribution in [0.2, 0.25) is 0 Å². The number of carbonyl (C=O) groups excluding carboxylic acids is 8. The largest absolute Gasteiger partial charge is 0.508 e. The number of nitrogens with one attached hydrogen (secondary N) is 4. The summed E-state index contributed by atoms with van der Waals surface area (Å²) in [5.74, 6) is -2.86. The minimum atomic E-state index is -0.653. The third kappa shape index (κ3) is 40.8. The van der Waals surface area contributed by atoms with E-state index in [1.165, 1.54) is 41.5 Å². The summed E-state index contributed by atoms with van der Waals surface area (Å²) in [6, 6.07) is -1.96. The lowest BCUT2D eigenvalue weighted by Gasteiger charge is -2.29. The van der Waals surface area contributed by atoms with Crippen LogP contribution in [-0.4, -0.2) is 241 Å². The molecular formula is C42H76N4O24. The van der Waals surface area contributed by atoms with Gasteiger partial charge < -0.3 is 87.2 Å². The molecule has 2 aliphatic rings. The van der Waals surface area contributed by atoms with Crippen LogP contribution in [0.25, 0.3) is 0 Å². The van der Waals surface area contributed by atoms with Gasteiger partial charge in [-0.25, -0.2) is 9.59 Å². The van der Waals surface area contributed by atoms with Gasteiger partial charge in [0, 0.05) is 70.0 Å². The van der Waals surface area contributed by atoms with E-state index in [4.69, 9.17) is 57.6 Å². The molecule has 0 saturated carbocycles. The van der Waals surface area contributed by atoms with Gasteiger partial charge in [-0.05, 0) is 0 Å². The van der Waals surface area contributed by atoms with Crippen molar-refractivity contribution in [1.29, 1.82) is 0 Å². The summed E-state index contributed by atoms with van der Waals surface area (Å²) in [6.45, 7) is 10.2. The van der Waals surface area contributed by atoms with Crippen LogP contribution < -0.4 is 21.3 Å². The molecule has 2 saturated heterocycles. The Morgan fingerprint density at radius 1 is 0.414 bits per heavy atom. The van der Waals surface area contributed by atoms with Crippen molar-refractivity contribution < 1.29 is 115 Å². The van der Waals surface area contributed by atoms with E-state index < -0.39 is 72.3 Å². The van der Waals surface area contributed by atoms with Crippen LogP contribution in [0.5, 0.6) is 0 Å². The summed E-state index contributed by atoms with van der Waals surface area (Å²) < 4.78 is 68.0. The van der Waals surface area contributed by atoms with E-state index >= 15 is 0 Å². The molecule has 0 amide bonds. The number of hydrogen-bond acceptors (Lipinski definition) is 28. The third-order valence-electron chi connectivity index (χ3n) is 8.33. The quantitative estimate of drug-likeness (QED) is 0.0321. The average molecular weight is 1020 g/mol. The summed E-state index contributed by atoms with van der Waals surface area (Å²) in [6.07, 6.45) is -1.31. The van der Waals surface area contributed by atoms with E-state index in [9.17, 15) is 38.4 Å². The van der Waals surface area contributed by atoms with Gasteiger partial charge in [-0.1, -0.05) is 0 Å². The lowest BCUT2D eigenvalue weighted by atomic mass is 10.2. The van der Waals surface area contributed by atoms with Crippen LogP contribution in [0.3, 0.4) is 0 Å². The van der Waals surface area contributed by atoms with Crippen LogP contribution in [0, 0.1) is 0 Å². The fourth-order valence-electron chi connectivity index (χ4n) is 5.38. The molecule has 0 bridgehead atoms. The topological polar surface area (TPSA) is 354 Å². The van der Waals surface area contributed by atoms with Crippen molar-refractivity contribution in [2.75, 3.05) is 134 Å². The number of aliphatic hydroxyl groups is 2. The van der Waals surface area contributed by atoms with Crippen LogP contribution in [0.1, 0.15) is 41.5 Å². The minimum Gasteiger partial charge on any atom is -0.464 e. The second-order valence-electron chi connectivity index (χ2n) is 15.0.